The molecule has 1 aromatic carbocycles. The number of aryl methyl sites for hydroxylation is 3. The molecule has 4 aromatic rings. The second-order valence-electron chi connectivity index (χ2n) is 7.33. The van der Waals surface area contributed by atoms with Gasteiger partial charge in [-0.3, -0.25) is 13.9 Å². The standard InChI is InChI=1S/C22H23N5O3S/c1-14-11-18(16(3)27(14)20-12-15(2)30-25-20)19(28)13-31-22-24-23-21(29)26(22)10-9-17-7-5-4-6-8-17/h4-8,11-12H,9-10,13H2,1-3H3,(H,23,29). The van der Waals surface area contributed by atoms with Gasteiger partial charge in [0.2, 0.25) is 0 Å². The van der Waals surface area contributed by atoms with Crippen LogP contribution in [0.2, 0.25) is 0 Å². The molecule has 3 aromatic heterocycles. The summed E-state index contributed by atoms with van der Waals surface area (Å²) in [6, 6.07) is 13.6. The van der Waals surface area contributed by atoms with Gasteiger partial charge in [-0.05, 0) is 38.8 Å². The van der Waals surface area contributed by atoms with Gasteiger partial charge in [0.25, 0.3) is 0 Å². The minimum Gasteiger partial charge on any atom is -0.360 e. The van der Waals surface area contributed by atoms with Gasteiger partial charge in [0.1, 0.15) is 5.76 Å². The first kappa shape index (κ1) is 20.9. The molecular formula is C22H23N5O3S. The Morgan fingerprint density at radius 2 is 1.94 bits per heavy atom. The van der Waals surface area contributed by atoms with Gasteiger partial charge in [0.05, 0.1) is 5.75 Å². The van der Waals surface area contributed by atoms with Crippen LogP contribution in [0.3, 0.4) is 0 Å². The number of hydrogen-bond acceptors (Lipinski definition) is 6. The van der Waals surface area contributed by atoms with Crippen molar-refractivity contribution in [3.05, 3.63) is 81.2 Å². The number of carbonyl (C=O) groups excluding carboxylic acids is 1. The first-order chi connectivity index (χ1) is 14.9. The smallest absolute Gasteiger partial charge is 0.343 e. The van der Waals surface area contributed by atoms with Gasteiger partial charge in [-0.25, -0.2) is 9.89 Å². The van der Waals surface area contributed by atoms with Crippen LogP contribution in [-0.4, -0.2) is 36.0 Å². The molecule has 0 aliphatic carbocycles. The highest BCUT2D eigenvalue weighted by Crippen LogP contribution is 2.23. The van der Waals surface area contributed by atoms with Crippen molar-refractivity contribution < 1.29 is 9.32 Å². The van der Waals surface area contributed by atoms with Gasteiger partial charge in [0.15, 0.2) is 16.8 Å². The fourth-order valence-corrected chi connectivity index (χ4v) is 4.42. The highest BCUT2D eigenvalue weighted by atomic mass is 32.2. The molecule has 4 rings (SSSR count). The molecule has 3 heterocycles. The third-order valence-corrected chi connectivity index (χ3v) is 6.08. The van der Waals surface area contributed by atoms with Crippen molar-refractivity contribution in [3.63, 3.8) is 0 Å². The predicted octanol–water partition coefficient (Wildman–Crippen LogP) is 3.49. The number of benzene rings is 1. The summed E-state index contributed by atoms with van der Waals surface area (Å²) in [5.74, 6) is 1.51. The molecule has 1 N–H and O–H groups in total. The monoisotopic (exact) mass is 437 g/mol. The summed E-state index contributed by atoms with van der Waals surface area (Å²) in [6.45, 7) is 6.14. The van der Waals surface area contributed by atoms with Gasteiger partial charge in [-0.1, -0.05) is 47.3 Å². The molecule has 0 atom stereocenters. The van der Waals surface area contributed by atoms with Crippen molar-refractivity contribution in [3.8, 4) is 5.82 Å². The Hall–Kier alpha value is -3.33. The van der Waals surface area contributed by atoms with E-state index < -0.39 is 0 Å². The normalized spacial score (nSPS) is 11.2. The van der Waals surface area contributed by atoms with Crippen molar-refractivity contribution in [2.75, 3.05) is 5.75 Å². The number of rotatable bonds is 8. The van der Waals surface area contributed by atoms with Gasteiger partial charge in [-0.2, -0.15) is 0 Å². The number of aromatic amines is 1. The fraction of sp³-hybridized carbons (Fsp3) is 0.273. The molecule has 0 saturated carbocycles. The zero-order valence-electron chi connectivity index (χ0n) is 17.6. The van der Waals surface area contributed by atoms with E-state index in [1.165, 1.54) is 11.8 Å². The van der Waals surface area contributed by atoms with E-state index in [0.29, 0.717) is 35.3 Å². The quantitative estimate of drug-likeness (QED) is 0.335. The maximum atomic E-state index is 12.9. The number of aromatic nitrogens is 5. The number of H-pyrrole nitrogens is 1. The van der Waals surface area contributed by atoms with E-state index in [-0.39, 0.29) is 17.2 Å². The minimum absolute atomic E-state index is 0.0328. The summed E-state index contributed by atoms with van der Waals surface area (Å²) in [5.41, 5.74) is 3.20. The van der Waals surface area contributed by atoms with E-state index in [1.54, 1.807) is 4.57 Å². The minimum atomic E-state index is -0.273. The Morgan fingerprint density at radius 1 is 1.16 bits per heavy atom. The van der Waals surface area contributed by atoms with Gasteiger partial charge in [0, 0.05) is 29.6 Å². The van der Waals surface area contributed by atoms with Gasteiger partial charge in [-0.15, -0.1) is 5.10 Å². The van der Waals surface area contributed by atoms with Crippen LogP contribution in [-0.2, 0) is 13.0 Å². The van der Waals surface area contributed by atoms with Crippen molar-refractivity contribution >= 4 is 17.5 Å². The maximum absolute atomic E-state index is 12.9. The van der Waals surface area contributed by atoms with Crippen LogP contribution in [0.4, 0.5) is 0 Å². The molecule has 9 heteroatoms. The summed E-state index contributed by atoms with van der Waals surface area (Å²) in [7, 11) is 0. The Kier molecular flexibility index (Phi) is 5.94. The molecule has 0 bridgehead atoms. The SMILES string of the molecule is Cc1cc(-n2c(C)cc(C(=O)CSc3n[nH]c(=O)n3CCc3ccccc3)c2C)no1. The van der Waals surface area contributed by atoms with Crippen molar-refractivity contribution in [2.45, 2.75) is 38.9 Å². The molecule has 31 heavy (non-hydrogen) atoms. The van der Waals surface area contributed by atoms with Crippen LogP contribution >= 0.6 is 11.8 Å². The summed E-state index contributed by atoms with van der Waals surface area (Å²) >= 11 is 1.26. The van der Waals surface area contributed by atoms with Crippen LogP contribution in [0.25, 0.3) is 5.82 Å². The van der Waals surface area contributed by atoms with E-state index in [9.17, 15) is 9.59 Å². The van der Waals surface area contributed by atoms with Crippen molar-refractivity contribution in [2.24, 2.45) is 0 Å². The second kappa shape index (κ2) is 8.81. The highest BCUT2D eigenvalue weighted by molar-refractivity contribution is 7.99. The number of hydrogen-bond donors (Lipinski definition) is 1. The second-order valence-corrected chi connectivity index (χ2v) is 8.27. The highest BCUT2D eigenvalue weighted by Gasteiger charge is 2.20. The van der Waals surface area contributed by atoms with E-state index in [1.807, 2.05) is 67.8 Å². The molecule has 0 aliphatic rings. The predicted molar refractivity (Wildman–Crippen MR) is 118 cm³/mol. The Balaban J connectivity index is 1.47. The van der Waals surface area contributed by atoms with Gasteiger partial charge >= 0.3 is 5.69 Å². The molecular weight excluding hydrogens is 414 g/mol. The first-order valence-corrected chi connectivity index (χ1v) is 10.9. The van der Waals surface area contributed by atoms with E-state index >= 15 is 0 Å². The number of nitrogens with one attached hydrogen (secondary N) is 1. The molecule has 8 nitrogen and oxygen atoms in total. The van der Waals surface area contributed by atoms with Crippen LogP contribution in [0.1, 0.15) is 33.1 Å². The molecule has 0 amide bonds. The topological polar surface area (TPSA) is 98.7 Å². The zero-order chi connectivity index (χ0) is 22.0. The summed E-state index contributed by atoms with van der Waals surface area (Å²) in [6.07, 6.45) is 0.708. The van der Waals surface area contributed by atoms with Crippen LogP contribution < -0.4 is 5.69 Å². The molecule has 0 saturated heterocycles. The van der Waals surface area contributed by atoms with E-state index in [2.05, 4.69) is 15.4 Å². The summed E-state index contributed by atoms with van der Waals surface area (Å²) in [4.78, 5) is 25.1. The van der Waals surface area contributed by atoms with Crippen LogP contribution in [0, 0.1) is 20.8 Å². The van der Waals surface area contributed by atoms with Crippen LogP contribution in [0.15, 0.2) is 56.9 Å². The maximum Gasteiger partial charge on any atom is 0.343 e. The molecule has 0 fully saturated rings. The van der Waals surface area contributed by atoms with E-state index in [4.69, 9.17) is 4.52 Å². The number of Topliss-reactive ketones (excluding diaryl/α,β-unsaturated/α-hetero) is 1. The van der Waals surface area contributed by atoms with E-state index in [0.717, 1.165) is 17.0 Å². The summed E-state index contributed by atoms with van der Waals surface area (Å²) in [5, 5.41) is 11.1. The lowest BCUT2D eigenvalue weighted by atomic mass is 10.1. The van der Waals surface area contributed by atoms with Crippen molar-refractivity contribution in [1.82, 2.24) is 24.5 Å². The largest absolute Gasteiger partial charge is 0.360 e. The third kappa shape index (κ3) is 4.41. The van der Waals surface area contributed by atoms with Gasteiger partial charge < -0.3 is 4.52 Å². The fourth-order valence-electron chi connectivity index (χ4n) is 3.56. The van der Waals surface area contributed by atoms with Crippen LogP contribution in [0.5, 0.6) is 0 Å². The lowest BCUT2D eigenvalue weighted by molar-refractivity contribution is 0.102. The Bertz CT molecular complexity index is 1270. The number of nitrogens with zero attached hydrogens (tertiary/aromatic N) is 4. The molecule has 0 unspecified atom stereocenters. The molecule has 0 spiro atoms. The molecule has 0 radical (unpaired) electrons. The number of ketones is 1. The lowest BCUT2D eigenvalue weighted by Gasteiger charge is -2.06. The molecule has 0 aliphatic heterocycles. The first-order valence-electron chi connectivity index (χ1n) is 9.92. The number of thioether (sulfide) groups is 1. The average molecular weight is 438 g/mol. The summed E-state index contributed by atoms with van der Waals surface area (Å²) < 4.78 is 8.65. The average Bonchev–Trinajstić information content (AvgIpc) is 3.42. The Labute approximate surface area is 183 Å². The molecule has 160 valence electrons. The number of carbonyl (C=O) groups is 1. The lowest BCUT2D eigenvalue weighted by Crippen LogP contribution is -2.19. The third-order valence-electron chi connectivity index (χ3n) is 5.10. The van der Waals surface area contributed by atoms with Crippen molar-refractivity contribution in [1.29, 1.82) is 0 Å². The zero-order valence-corrected chi connectivity index (χ0v) is 18.4. The Morgan fingerprint density at radius 3 is 2.65 bits per heavy atom.